The monoisotopic (exact) mass is 291 g/mol. The third-order valence-electron chi connectivity index (χ3n) is 2.58. The van der Waals surface area contributed by atoms with Gasteiger partial charge in [-0.05, 0) is 30.3 Å². The van der Waals surface area contributed by atoms with Crippen molar-refractivity contribution in [3.8, 4) is 11.6 Å². The molecule has 0 aliphatic rings. The van der Waals surface area contributed by atoms with Gasteiger partial charge in [-0.2, -0.15) is 9.37 Å². The summed E-state index contributed by atoms with van der Waals surface area (Å²) in [4.78, 5) is 19.9. The number of carbonyl (C=O) groups excluding carboxylic acids is 1. The number of hydroxylamine groups is 2. The third-order valence-corrected chi connectivity index (χ3v) is 2.58. The van der Waals surface area contributed by atoms with Gasteiger partial charge in [-0.25, -0.2) is 9.86 Å². The van der Waals surface area contributed by atoms with Crippen molar-refractivity contribution in [2.45, 2.75) is 0 Å². The average molecular weight is 291 g/mol. The molecule has 0 bridgehead atoms. The molecule has 110 valence electrons. The highest BCUT2D eigenvalue weighted by Gasteiger charge is 2.07. The Bertz CT molecular complexity index is 619. The number of benzene rings is 1. The summed E-state index contributed by atoms with van der Waals surface area (Å²) in [5, 5.41) is 3.68. The number of halogens is 1. The molecule has 2 amide bonds. The van der Waals surface area contributed by atoms with Crippen molar-refractivity contribution >= 4 is 11.7 Å². The van der Waals surface area contributed by atoms with Crippen LogP contribution in [0.4, 0.5) is 14.9 Å². The molecule has 0 saturated heterocycles. The highest BCUT2D eigenvalue weighted by atomic mass is 19.1. The predicted octanol–water partition coefficient (Wildman–Crippen LogP) is 3.04. The molecule has 1 aromatic heterocycles. The lowest BCUT2D eigenvalue weighted by atomic mass is 10.3. The van der Waals surface area contributed by atoms with Crippen molar-refractivity contribution in [1.29, 1.82) is 0 Å². The van der Waals surface area contributed by atoms with Crippen molar-refractivity contribution < 1.29 is 18.8 Å². The summed E-state index contributed by atoms with van der Waals surface area (Å²) >= 11 is 0. The molecule has 6 nitrogen and oxygen atoms in total. The lowest BCUT2D eigenvalue weighted by Gasteiger charge is -2.14. The Morgan fingerprint density at radius 3 is 2.57 bits per heavy atom. The molecule has 0 atom stereocenters. The topological polar surface area (TPSA) is 63.7 Å². The second kappa shape index (κ2) is 6.67. The first-order chi connectivity index (χ1) is 10.1. The first-order valence-electron chi connectivity index (χ1n) is 6.08. The van der Waals surface area contributed by atoms with Crippen LogP contribution in [0.5, 0.6) is 11.6 Å². The van der Waals surface area contributed by atoms with Crippen LogP contribution in [-0.4, -0.2) is 30.2 Å². The summed E-state index contributed by atoms with van der Waals surface area (Å²) in [6, 6.07) is 10.4. The molecular weight excluding hydrogens is 277 g/mol. The number of pyridine rings is 1. The van der Waals surface area contributed by atoms with Crippen molar-refractivity contribution in [2.24, 2.45) is 0 Å². The molecule has 2 rings (SSSR count). The number of amides is 2. The van der Waals surface area contributed by atoms with Gasteiger partial charge < -0.3 is 10.1 Å². The van der Waals surface area contributed by atoms with Crippen LogP contribution in [0.3, 0.4) is 0 Å². The number of nitrogens with one attached hydrogen (secondary N) is 1. The minimum atomic E-state index is -0.612. The molecule has 21 heavy (non-hydrogen) atoms. The van der Waals surface area contributed by atoms with Gasteiger partial charge in [0.25, 0.3) is 0 Å². The number of urea groups is 1. The van der Waals surface area contributed by atoms with Crippen LogP contribution in [0, 0.1) is 5.95 Å². The van der Waals surface area contributed by atoms with Gasteiger partial charge in [-0.3, -0.25) is 4.84 Å². The Morgan fingerprint density at radius 1 is 1.24 bits per heavy atom. The SMILES string of the molecule is CON(C)C(=O)Nc1ccc(Oc2cccc(F)n2)cc1. The minimum absolute atomic E-state index is 0.158. The summed E-state index contributed by atoms with van der Waals surface area (Å²) in [6.07, 6.45) is 0. The quantitative estimate of drug-likeness (QED) is 0.694. The van der Waals surface area contributed by atoms with E-state index in [0.717, 1.165) is 5.06 Å². The maximum atomic E-state index is 12.9. The molecule has 0 fully saturated rings. The van der Waals surface area contributed by atoms with Gasteiger partial charge in [0.05, 0.1) is 7.11 Å². The standard InChI is InChI=1S/C14H14FN3O3/c1-18(20-2)14(19)16-10-6-8-11(9-7-10)21-13-5-3-4-12(15)17-13/h3-9H,1-2H3,(H,16,19). The fraction of sp³-hybridized carbons (Fsp3) is 0.143. The molecular formula is C14H14FN3O3. The zero-order valence-electron chi connectivity index (χ0n) is 11.5. The van der Waals surface area contributed by atoms with Crippen LogP contribution in [0.15, 0.2) is 42.5 Å². The Hall–Kier alpha value is -2.67. The highest BCUT2D eigenvalue weighted by Crippen LogP contribution is 2.21. The van der Waals surface area contributed by atoms with Crippen LogP contribution in [0.1, 0.15) is 0 Å². The Kier molecular flexibility index (Phi) is 4.68. The van der Waals surface area contributed by atoms with Gasteiger partial charge in [-0.15, -0.1) is 0 Å². The van der Waals surface area contributed by atoms with E-state index in [9.17, 15) is 9.18 Å². The second-order valence-electron chi connectivity index (χ2n) is 4.04. The molecule has 1 heterocycles. The number of hydrogen-bond acceptors (Lipinski definition) is 4. The molecule has 0 radical (unpaired) electrons. The van der Waals surface area contributed by atoms with Gasteiger partial charge in [-0.1, -0.05) is 6.07 Å². The summed E-state index contributed by atoms with van der Waals surface area (Å²) in [6.45, 7) is 0. The van der Waals surface area contributed by atoms with E-state index in [2.05, 4.69) is 10.3 Å². The number of rotatable bonds is 4. The molecule has 1 N–H and O–H groups in total. The smallest absolute Gasteiger partial charge is 0.345 e. The second-order valence-corrected chi connectivity index (χ2v) is 4.04. The number of anilines is 1. The number of aromatic nitrogens is 1. The van der Waals surface area contributed by atoms with E-state index in [1.54, 1.807) is 30.3 Å². The molecule has 2 aromatic rings. The van der Waals surface area contributed by atoms with E-state index in [4.69, 9.17) is 9.57 Å². The van der Waals surface area contributed by atoms with Crippen LogP contribution in [0.2, 0.25) is 0 Å². The van der Waals surface area contributed by atoms with Crippen LogP contribution < -0.4 is 10.1 Å². The van der Waals surface area contributed by atoms with Gasteiger partial charge in [0.15, 0.2) is 0 Å². The number of nitrogens with zero attached hydrogens (tertiary/aromatic N) is 2. The molecule has 0 aliphatic heterocycles. The summed E-state index contributed by atoms with van der Waals surface area (Å²) in [5.41, 5.74) is 0.573. The first kappa shape index (κ1) is 14.7. The average Bonchev–Trinajstić information content (AvgIpc) is 2.48. The molecule has 0 saturated carbocycles. The van der Waals surface area contributed by atoms with Gasteiger partial charge in [0.2, 0.25) is 11.8 Å². The number of hydrogen-bond donors (Lipinski definition) is 1. The van der Waals surface area contributed by atoms with Crippen LogP contribution in [0.25, 0.3) is 0 Å². The summed E-state index contributed by atoms with van der Waals surface area (Å²) in [7, 11) is 2.88. The Labute approximate surface area is 121 Å². The van der Waals surface area contributed by atoms with E-state index in [1.807, 2.05) is 0 Å². The van der Waals surface area contributed by atoms with E-state index in [-0.39, 0.29) is 5.88 Å². The predicted molar refractivity (Wildman–Crippen MR) is 74.5 cm³/mol. The Morgan fingerprint density at radius 2 is 1.95 bits per heavy atom. The van der Waals surface area contributed by atoms with E-state index in [1.165, 1.54) is 26.3 Å². The zero-order chi connectivity index (χ0) is 15.2. The number of ether oxygens (including phenoxy) is 1. The van der Waals surface area contributed by atoms with Crippen molar-refractivity contribution in [1.82, 2.24) is 10.0 Å². The maximum Gasteiger partial charge on any atom is 0.345 e. The van der Waals surface area contributed by atoms with Gasteiger partial charge in [0, 0.05) is 18.8 Å². The third kappa shape index (κ3) is 4.15. The molecule has 0 unspecified atom stereocenters. The zero-order valence-corrected chi connectivity index (χ0v) is 11.5. The maximum absolute atomic E-state index is 12.9. The number of carbonyl (C=O) groups is 1. The van der Waals surface area contributed by atoms with Gasteiger partial charge >= 0.3 is 6.03 Å². The lowest BCUT2D eigenvalue weighted by molar-refractivity contribution is -0.0598. The lowest BCUT2D eigenvalue weighted by Crippen LogP contribution is -2.30. The summed E-state index contributed by atoms with van der Waals surface area (Å²) < 4.78 is 18.3. The van der Waals surface area contributed by atoms with Crippen LogP contribution in [-0.2, 0) is 4.84 Å². The molecule has 1 aromatic carbocycles. The molecule has 7 heteroatoms. The minimum Gasteiger partial charge on any atom is -0.439 e. The normalized spacial score (nSPS) is 10.0. The molecule has 0 aliphatic carbocycles. The van der Waals surface area contributed by atoms with E-state index in [0.29, 0.717) is 11.4 Å². The van der Waals surface area contributed by atoms with Crippen molar-refractivity contribution in [3.05, 3.63) is 48.4 Å². The Balaban J connectivity index is 2.00. The van der Waals surface area contributed by atoms with E-state index >= 15 is 0 Å². The fourth-order valence-corrected chi connectivity index (χ4v) is 1.46. The van der Waals surface area contributed by atoms with E-state index < -0.39 is 12.0 Å². The largest absolute Gasteiger partial charge is 0.439 e. The van der Waals surface area contributed by atoms with Crippen molar-refractivity contribution in [2.75, 3.05) is 19.5 Å². The molecule has 0 spiro atoms. The fourth-order valence-electron chi connectivity index (χ4n) is 1.46. The first-order valence-corrected chi connectivity index (χ1v) is 6.08. The highest BCUT2D eigenvalue weighted by molar-refractivity contribution is 5.88. The van der Waals surface area contributed by atoms with Gasteiger partial charge in [0.1, 0.15) is 5.75 Å². The van der Waals surface area contributed by atoms with Crippen molar-refractivity contribution in [3.63, 3.8) is 0 Å². The van der Waals surface area contributed by atoms with Crippen LogP contribution >= 0.6 is 0 Å². The summed E-state index contributed by atoms with van der Waals surface area (Å²) in [5.74, 6) is 0.0242.